The van der Waals surface area contributed by atoms with E-state index in [-0.39, 0.29) is 6.42 Å². The van der Waals surface area contributed by atoms with Crippen LogP contribution in [0.25, 0.3) is 5.57 Å². The van der Waals surface area contributed by atoms with Crippen molar-refractivity contribution in [2.24, 2.45) is 0 Å². The molecule has 1 aliphatic carbocycles. The molecule has 0 spiro atoms. The summed E-state index contributed by atoms with van der Waals surface area (Å²) in [5, 5.41) is 9.82. The Balaban J connectivity index is 2.49. The van der Waals surface area contributed by atoms with Gasteiger partial charge < -0.3 is 5.11 Å². The summed E-state index contributed by atoms with van der Waals surface area (Å²) in [5.74, 6) is -0.880. The number of carboxylic acids is 1. The third kappa shape index (κ3) is 4.88. The topological polar surface area (TPSA) is 57.6 Å². The van der Waals surface area contributed by atoms with E-state index >= 15 is 0 Å². The Morgan fingerprint density at radius 1 is 1.21 bits per heavy atom. The second-order valence-corrected chi connectivity index (χ2v) is 10.0. The van der Waals surface area contributed by atoms with Gasteiger partial charge in [0.2, 0.25) is 0 Å². The van der Waals surface area contributed by atoms with Crippen molar-refractivity contribution in [3.8, 4) is 0 Å². The number of hydrogen-bond donors (Lipinski definition) is 1. The highest BCUT2D eigenvalue weighted by molar-refractivity contribution is 7.82. The van der Waals surface area contributed by atoms with Crippen LogP contribution in [0.4, 0.5) is 0 Å². The third-order valence-electron chi connectivity index (χ3n) is 6.48. The summed E-state index contributed by atoms with van der Waals surface area (Å²) in [4.78, 5) is 12.0. The molecule has 1 heterocycles. The van der Waals surface area contributed by atoms with E-state index in [1.54, 1.807) is 6.26 Å². The zero-order valence-corrected chi connectivity index (χ0v) is 21.2. The minimum atomic E-state index is -1.25. The Kier molecular flexibility index (Phi) is 7.43. The number of fused-ring (bicyclic) bond motifs is 4. The van der Waals surface area contributed by atoms with Crippen LogP contribution in [0, 0.1) is 6.92 Å². The standard InChI is InChI=1S/C28H33NO3S/c1-8-21(13-12-17(2)3)28-20(6)23-14-26(19(5)24(28)15-27(30)31)29(33(7)32)16-25-18(4)10-9-11-22(23)25/h8-13H,2,14-16H2,1,3-7H3,(H,30,31)/b13-12-,21-8+. The maximum Gasteiger partial charge on any atom is 0.307 e. The largest absolute Gasteiger partial charge is 0.481 e. The fourth-order valence-corrected chi connectivity index (χ4v) is 5.57. The third-order valence-corrected chi connectivity index (χ3v) is 7.45. The number of carbonyl (C=O) groups is 1. The molecule has 5 heteroatoms. The van der Waals surface area contributed by atoms with E-state index < -0.39 is 17.0 Å². The van der Waals surface area contributed by atoms with Crippen molar-refractivity contribution in [3.63, 3.8) is 0 Å². The maximum absolute atomic E-state index is 12.9. The molecule has 1 aromatic carbocycles. The summed E-state index contributed by atoms with van der Waals surface area (Å²) in [6.07, 6.45) is 8.20. The van der Waals surface area contributed by atoms with Gasteiger partial charge in [0.25, 0.3) is 0 Å². The number of carboxylic acid groups (broad SMARTS) is 1. The van der Waals surface area contributed by atoms with Gasteiger partial charge in [0.15, 0.2) is 0 Å². The zero-order chi connectivity index (χ0) is 24.4. The average Bonchev–Trinajstić information content (AvgIpc) is 2.97. The minimum Gasteiger partial charge on any atom is -0.481 e. The van der Waals surface area contributed by atoms with Crippen LogP contribution < -0.4 is 0 Å². The molecule has 3 rings (SSSR count). The lowest BCUT2D eigenvalue weighted by atomic mass is 9.85. The summed E-state index contributed by atoms with van der Waals surface area (Å²) in [6, 6.07) is 6.29. The lowest BCUT2D eigenvalue weighted by Gasteiger charge is -2.26. The second kappa shape index (κ2) is 9.92. The van der Waals surface area contributed by atoms with Crippen molar-refractivity contribution in [1.82, 2.24) is 4.31 Å². The quantitative estimate of drug-likeness (QED) is 0.496. The number of nitrogens with zero attached hydrogens (tertiary/aromatic N) is 1. The van der Waals surface area contributed by atoms with Gasteiger partial charge in [-0.2, -0.15) is 0 Å². The van der Waals surface area contributed by atoms with Gasteiger partial charge in [0.05, 0.1) is 13.0 Å². The number of hydrogen-bond acceptors (Lipinski definition) is 2. The van der Waals surface area contributed by atoms with Crippen molar-refractivity contribution in [1.29, 1.82) is 0 Å². The van der Waals surface area contributed by atoms with Crippen LogP contribution in [0.2, 0.25) is 0 Å². The highest BCUT2D eigenvalue weighted by atomic mass is 32.2. The molecular weight excluding hydrogens is 430 g/mol. The second-order valence-electron chi connectivity index (χ2n) is 8.76. The van der Waals surface area contributed by atoms with E-state index in [0.717, 1.165) is 55.8 Å². The Morgan fingerprint density at radius 3 is 2.48 bits per heavy atom. The van der Waals surface area contributed by atoms with Gasteiger partial charge in [-0.15, -0.1) is 0 Å². The lowest BCUT2D eigenvalue weighted by Crippen LogP contribution is -2.25. The van der Waals surface area contributed by atoms with Crippen LogP contribution in [0.3, 0.4) is 0 Å². The van der Waals surface area contributed by atoms with E-state index in [1.165, 1.54) is 5.56 Å². The Bertz CT molecular complexity index is 1210. The van der Waals surface area contributed by atoms with Gasteiger partial charge in [-0.1, -0.05) is 48.6 Å². The summed E-state index contributed by atoms with van der Waals surface area (Å²) < 4.78 is 14.8. The van der Waals surface area contributed by atoms with Crippen molar-refractivity contribution in [2.75, 3.05) is 6.26 Å². The maximum atomic E-state index is 12.9. The Labute approximate surface area is 200 Å². The van der Waals surface area contributed by atoms with E-state index in [4.69, 9.17) is 0 Å². The number of aliphatic carboxylic acids is 1. The molecular formula is C28H33NO3S. The summed E-state index contributed by atoms with van der Waals surface area (Å²) in [5.41, 5.74) is 11.1. The minimum absolute atomic E-state index is 0.0988. The van der Waals surface area contributed by atoms with Crippen LogP contribution in [0.15, 0.2) is 82.1 Å². The summed E-state index contributed by atoms with van der Waals surface area (Å²) >= 11 is 0. The lowest BCUT2D eigenvalue weighted by molar-refractivity contribution is -0.136. The molecule has 0 amide bonds. The van der Waals surface area contributed by atoms with Crippen molar-refractivity contribution in [2.45, 2.75) is 54.0 Å². The Morgan fingerprint density at radius 2 is 1.91 bits per heavy atom. The summed E-state index contributed by atoms with van der Waals surface area (Å²) in [7, 11) is -1.25. The van der Waals surface area contributed by atoms with Crippen molar-refractivity contribution < 1.29 is 14.1 Å². The van der Waals surface area contributed by atoms with E-state index in [9.17, 15) is 14.1 Å². The molecule has 1 unspecified atom stereocenters. The van der Waals surface area contributed by atoms with Crippen LogP contribution >= 0.6 is 0 Å². The molecule has 1 aliphatic heterocycles. The van der Waals surface area contributed by atoms with Crippen molar-refractivity contribution in [3.05, 3.63) is 98.8 Å². The van der Waals surface area contributed by atoms with Crippen molar-refractivity contribution >= 4 is 22.5 Å². The van der Waals surface area contributed by atoms with E-state index in [2.05, 4.69) is 38.6 Å². The first-order chi connectivity index (χ1) is 15.6. The van der Waals surface area contributed by atoms with Gasteiger partial charge in [0.1, 0.15) is 11.0 Å². The predicted molar refractivity (Wildman–Crippen MR) is 138 cm³/mol. The molecule has 1 atom stereocenters. The molecule has 33 heavy (non-hydrogen) atoms. The molecule has 1 aromatic rings. The monoisotopic (exact) mass is 463 g/mol. The normalized spacial score (nSPS) is 17.9. The highest BCUT2D eigenvalue weighted by Gasteiger charge is 2.32. The summed E-state index contributed by atoms with van der Waals surface area (Å²) in [6.45, 7) is 14.6. The van der Waals surface area contributed by atoms with E-state index in [1.807, 2.05) is 43.3 Å². The zero-order valence-electron chi connectivity index (χ0n) is 20.4. The Hall–Kier alpha value is -2.92. The molecule has 0 fully saturated rings. The molecule has 2 aliphatic rings. The molecule has 0 aromatic heterocycles. The fraction of sp³-hybridized carbons (Fsp3) is 0.321. The molecule has 0 radical (unpaired) electrons. The molecule has 4 nitrogen and oxygen atoms in total. The van der Waals surface area contributed by atoms with Crippen LogP contribution in [0.1, 0.15) is 57.2 Å². The first kappa shape index (κ1) is 24.7. The van der Waals surface area contributed by atoms with Gasteiger partial charge in [0, 0.05) is 18.4 Å². The first-order valence-electron chi connectivity index (χ1n) is 11.1. The number of aryl methyl sites for hydroxylation is 1. The molecule has 2 bridgehead atoms. The predicted octanol–water partition coefficient (Wildman–Crippen LogP) is 6.41. The van der Waals surface area contributed by atoms with Gasteiger partial charge in [-0.25, -0.2) is 4.21 Å². The highest BCUT2D eigenvalue weighted by Crippen LogP contribution is 2.46. The first-order valence-corrected chi connectivity index (χ1v) is 12.6. The number of rotatable bonds is 6. The molecule has 0 saturated heterocycles. The molecule has 1 N–H and O–H groups in total. The molecule has 174 valence electrons. The number of allylic oxidation sites excluding steroid dienone is 9. The van der Waals surface area contributed by atoms with E-state index in [0.29, 0.717) is 13.0 Å². The van der Waals surface area contributed by atoms with Crippen LogP contribution in [0.5, 0.6) is 0 Å². The molecule has 0 saturated carbocycles. The fourth-order valence-electron chi connectivity index (χ4n) is 4.74. The smallest absolute Gasteiger partial charge is 0.307 e. The SMILES string of the molecule is C=C(C)/C=C\C(=C/C)C1=C(CC(=O)O)C(C)=C2CC(=C1C)c1cccc(C)c1CN2S(C)=O. The van der Waals surface area contributed by atoms with Crippen LogP contribution in [-0.4, -0.2) is 25.8 Å². The average molecular weight is 464 g/mol. The van der Waals surface area contributed by atoms with Gasteiger partial charge >= 0.3 is 5.97 Å². The van der Waals surface area contributed by atoms with Gasteiger partial charge in [-0.05, 0) is 84.7 Å². The van der Waals surface area contributed by atoms with Gasteiger partial charge in [-0.3, -0.25) is 9.10 Å². The number of benzene rings is 1. The van der Waals surface area contributed by atoms with Crippen LogP contribution in [-0.2, 0) is 22.3 Å².